The van der Waals surface area contributed by atoms with Gasteiger partial charge in [0, 0.05) is 16.5 Å². The predicted octanol–water partition coefficient (Wildman–Crippen LogP) is 3.62. The maximum absolute atomic E-state index is 12.0. The van der Waals surface area contributed by atoms with Crippen LogP contribution in [0.15, 0.2) is 18.2 Å². The minimum Gasteiger partial charge on any atom is -0.319 e. The van der Waals surface area contributed by atoms with Gasteiger partial charge in [-0.15, -0.1) is 0 Å². The van der Waals surface area contributed by atoms with Crippen LogP contribution in [0.3, 0.4) is 0 Å². The topological polar surface area (TPSA) is 43.1 Å². The van der Waals surface area contributed by atoms with E-state index in [-0.39, 0.29) is 12.2 Å². The Morgan fingerprint density at radius 1 is 1.41 bits per heavy atom. The van der Waals surface area contributed by atoms with Crippen molar-refractivity contribution < 1.29 is 4.79 Å². The molecule has 1 unspecified atom stereocenters. The van der Waals surface area contributed by atoms with Crippen molar-refractivity contribution >= 4 is 29.0 Å². The van der Waals surface area contributed by atoms with Crippen LogP contribution in [0.4, 0.5) is 0 Å². The Bertz CT molecular complexity index is 416. The summed E-state index contributed by atoms with van der Waals surface area (Å²) in [6.45, 7) is 3.77. The third kappa shape index (κ3) is 3.98. The minimum atomic E-state index is -0.780. The fourth-order valence-electron chi connectivity index (χ4n) is 1.70. The van der Waals surface area contributed by atoms with Crippen molar-refractivity contribution in [3.05, 3.63) is 33.8 Å². The van der Waals surface area contributed by atoms with Gasteiger partial charge in [-0.25, -0.2) is 0 Å². The number of carbonyl (C=O) groups excluding carboxylic acids is 1. The van der Waals surface area contributed by atoms with Crippen molar-refractivity contribution in [2.45, 2.75) is 38.6 Å². The third-order valence-electron chi connectivity index (χ3n) is 2.77. The fraction of sp³-hybridized carbons (Fsp3) is 0.462. The first-order chi connectivity index (χ1) is 7.86. The maximum atomic E-state index is 12.0. The average molecular weight is 274 g/mol. The largest absolute Gasteiger partial charge is 0.319 e. The third-order valence-corrected chi connectivity index (χ3v) is 3.36. The minimum absolute atomic E-state index is 0.00331. The van der Waals surface area contributed by atoms with Crippen molar-refractivity contribution in [1.82, 2.24) is 0 Å². The number of nitrogens with two attached hydrogens (primary N) is 1. The van der Waals surface area contributed by atoms with Gasteiger partial charge < -0.3 is 5.73 Å². The zero-order valence-electron chi connectivity index (χ0n) is 10.1. The normalized spacial score (nSPS) is 14.4. The molecule has 0 saturated heterocycles. The summed E-state index contributed by atoms with van der Waals surface area (Å²) in [7, 11) is 0. The predicted molar refractivity (Wildman–Crippen MR) is 72.7 cm³/mol. The molecule has 1 aromatic rings. The monoisotopic (exact) mass is 273 g/mol. The molecule has 0 aliphatic rings. The molecule has 1 rings (SSSR count). The Balaban J connectivity index is 2.81. The molecule has 94 valence electrons. The van der Waals surface area contributed by atoms with E-state index in [1.165, 1.54) is 0 Å². The summed E-state index contributed by atoms with van der Waals surface area (Å²) in [6.07, 6.45) is 1.81. The smallest absolute Gasteiger partial charge is 0.156 e. The van der Waals surface area contributed by atoms with Gasteiger partial charge >= 0.3 is 0 Å². The SMILES string of the molecule is CCCC(C)(N)C(=O)Cc1ccc(Cl)cc1Cl. The molecule has 0 saturated carbocycles. The quantitative estimate of drug-likeness (QED) is 0.891. The lowest BCUT2D eigenvalue weighted by atomic mass is 9.88. The highest BCUT2D eigenvalue weighted by Gasteiger charge is 2.27. The van der Waals surface area contributed by atoms with Gasteiger partial charge in [0.05, 0.1) is 5.54 Å². The summed E-state index contributed by atoms with van der Waals surface area (Å²) in [6, 6.07) is 5.13. The van der Waals surface area contributed by atoms with Gasteiger partial charge in [-0.3, -0.25) is 4.79 Å². The van der Waals surface area contributed by atoms with Crippen LogP contribution in [0.5, 0.6) is 0 Å². The highest BCUT2D eigenvalue weighted by molar-refractivity contribution is 6.35. The van der Waals surface area contributed by atoms with Gasteiger partial charge in [-0.05, 0) is 31.0 Å². The highest BCUT2D eigenvalue weighted by atomic mass is 35.5. The van der Waals surface area contributed by atoms with Crippen LogP contribution in [-0.4, -0.2) is 11.3 Å². The summed E-state index contributed by atoms with van der Waals surface area (Å²) < 4.78 is 0. The van der Waals surface area contributed by atoms with Crippen molar-refractivity contribution in [2.75, 3.05) is 0 Å². The molecule has 0 bridgehead atoms. The standard InChI is InChI=1S/C13H17Cl2NO/c1-3-6-13(2,16)12(17)7-9-4-5-10(14)8-11(9)15/h4-5,8H,3,6-7,16H2,1-2H3. The Morgan fingerprint density at radius 3 is 2.59 bits per heavy atom. The zero-order chi connectivity index (χ0) is 13.1. The van der Waals surface area contributed by atoms with Crippen LogP contribution in [0, 0.1) is 0 Å². The van der Waals surface area contributed by atoms with Crippen LogP contribution in [0.25, 0.3) is 0 Å². The molecule has 1 aromatic carbocycles. The number of carbonyl (C=O) groups is 1. The lowest BCUT2D eigenvalue weighted by Gasteiger charge is -2.22. The number of benzene rings is 1. The first kappa shape index (κ1) is 14.5. The molecular formula is C13H17Cl2NO. The molecule has 0 aliphatic heterocycles. The molecule has 0 aromatic heterocycles. The van der Waals surface area contributed by atoms with Crippen LogP contribution in [0.1, 0.15) is 32.3 Å². The molecule has 0 radical (unpaired) electrons. The second-order valence-corrected chi connectivity index (χ2v) is 5.35. The Kier molecular flexibility index (Phi) is 4.99. The molecule has 1 atom stereocenters. The molecule has 17 heavy (non-hydrogen) atoms. The van der Waals surface area contributed by atoms with Crippen LogP contribution in [-0.2, 0) is 11.2 Å². The van der Waals surface area contributed by atoms with E-state index in [0.717, 1.165) is 12.0 Å². The van der Waals surface area contributed by atoms with E-state index in [2.05, 4.69) is 0 Å². The van der Waals surface area contributed by atoms with E-state index in [1.54, 1.807) is 25.1 Å². The lowest BCUT2D eigenvalue weighted by molar-refractivity contribution is -0.123. The first-order valence-corrected chi connectivity index (χ1v) is 6.38. The van der Waals surface area contributed by atoms with Crippen molar-refractivity contribution in [3.8, 4) is 0 Å². The van der Waals surface area contributed by atoms with E-state index in [9.17, 15) is 4.79 Å². The average Bonchev–Trinajstić information content (AvgIpc) is 2.22. The number of hydrogen-bond donors (Lipinski definition) is 1. The summed E-state index contributed by atoms with van der Waals surface area (Å²) in [5.41, 5.74) is 5.97. The Hall–Kier alpha value is -0.570. The summed E-state index contributed by atoms with van der Waals surface area (Å²) in [5.74, 6) is 0.00331. The number of rotatable bonds is 5. The van der Waals surface area contributed by atoms with E-state index >= 15 is 0 Å². The Morgan fingerprint density at radius 2 is 2.06 bits per heavy atom. The highest BCUT2D eigenvalue weighted by Crippen LogP contribution is 2.23. The van der Waals surface area contributed by atoms with Gasteiger partial charge in [0.2, 0.25) is 0 Å². The second-order valence-electron chi connectivity index (χ2n) is 4.50. The van der Waals surface area contributed by atoms with Gasteiger partial charge in [0.15, 0.2) is 5.78 Å². The van der Waals surface area contributed by atoms with Crippen LogP contribution >= 0.6 is 23.2 Å². The number of Topliss-reactive ketones (excluding diaryl/α,β-unsaturated/α-hetero) is 1. The summed E-state index contributed by atoms with van der Waals surface area (Å²) in [5, 5.41) is 1.08. The number of ketones is 1. The zero-order valence-corrected chi connectivity index (χ0v) is 11.6. The molecule has 0 heterocycles. The van der Waals surface area contributed by atoms with E-state index < -0.39 is 5.54 Å². The fourth-order valence-corrected chi connectivity index (χ4v) is 2.17. The summed E-state index contributed by atoms with van der Waals surface area (Å²) >= 11 is 11.8. The molecule has 4 heteroatoms. The molecule has 0 fully saturated rings. The second kappa shape index (κ2) is 5.85. The molecular weight excluding hydrogens is 257 g/mol. The molecule has 0 amide bonds. The van der Waals surface area contributed by atoms with Gasteiger partial charge in [0.25, 0.3) is 0 Å². The summed E-state index contributed by atoms with van der Waals surface area (Å²) in [4.78, 5) is 12.0. The van der Waals surface area contributed by atoms with E-state index in [4.69, 9.17) is 28.9 Å². The molecule has 2 nitrogen and oxygen atoms in total. The number of hydrogen-bond acceptors (Lipinski definition) is 2. The lowest BCUT2D eigenvalue weighted by Crippen LogP contribution is -2.45. The van der Waals surface area contributed by atoms with Gasteiger partial charge in [-0.1, -0.05) is 42.6 Å². The first-order valence-electron chi connectivity index (χ1n) is 5.63. The van der Waals surface area contributed by atoms with Gasteiger partial charge in [0.1, 0.15) is 0 Å². The molecule has 0 aliphatic carbocycles. The van der Waals surface area contributed by atoms with E-state index in [1.807, 2.05) is 6.92 Å². The molecule has 0 spiro atoms. The van der Waals surface area contributed by atoms with Crippen molar-refractivity contribution in [1.29, 1.82) is 0 Å². The van der Waals surface area contributed by atoms with Crippen molar-refractivity contribution in [2.24, 2.45) is 5.73 Å². The molecule has 2 N–H and O–H groups in total. The maximum Gasteiger partial charge on any atom is 0.156 e. The number of halogens is 2. The van der Waals surface area contributed by atoms with Crippen molar-refractivity contribution in [3.63, 3.8) is 0 Å². The van der Waals surface area contributed by atoms with Crippen LogP contribution in [0.2, 0.25) is 10.0 Å². The Labute approximate surface area is 112 Å². The van der Waals surface area contributed by atoms with E-state index in [0.29, 0.717) is 16.5 Å². The van der Waals surface area contributed by atoms with Gasteiger partial charge in [-0.2, -0.15) is 0 Å². The van der Waals surface area contributed by atoms with Crippen LogP contribution < -0.4 is 5.73 Å².